The van der Waals surface area contributed by atoms with Crippen molar-refractivity contribution >= 4 is 83.9 Å². The summed E-state index contributed by atoms with van der Waals surface area (Å²) in [5, 5.41) is 0. The summed E-state index contributed by atoms with van der Waals surface area (Å²) in [5.41, 5.74) is 1.44. The number of hydrogen-bond acceptors (Lipinski definition) is 6. The second kappa shape index (κ2) is 11.2. The van der Waals surface area contributed by atoms with Gasteiger partial charge in [-0.1, -0.05) is 13.8 Å². The first-order chi connectivity index (χ1) is 14.4. The van der Waals surface area contributed by atoms with Crippen LogP contribution in [0.15, 0.2) is 23.1 Å². The molecule has 170 valence electrons. The minimum absolute atomic E-state index is 0.00972. The molecule has 0 saturated heterocycles. The van der Waals surface area contributed by atoms with E-state index in [4.69, 9.17) is 14.2 Å². The minimum atomic E-state index is -4.34. The second-order valence-corrected chi connectivity index (χ2v) is 11.6. The van der Waals surface area contributed by atoms with E-state index < -0.39 is 16.1 Å². The molecule has 0 atom stereocenters. The van der Waals surface area contributed by atoms with Crippen molar-refractivity contribution in [2.24, 2.45) is 0 Å². The zero-order valence-electron chi connectivity index (χ0n) is 17.2. The van der Waals surface area contributed by atoms with Gasteiger partial charge in [-0.15, -0.1) is 0 Å². The number of benzene rings is 2. The van der Waals surface area contributed by atoms with Crippen molar-refractivity contribution in [1.82, 2.24) is 0 Å². The molecule has 0 aliphatic carbocycles. The SMILES string of the molecule is COc1c(I)cc(I)c(C(=O)OCCOc2cc(C(C)C)c(S(=O)(=O)O)cc2C)c1I. The highest BCUT2D eigenvalue weighted by Gasteiger charge is 2.22. The lowest BCUT2D eigenvalue weighted by Crippen LogP contribution is -2.16. The van der Waals surface area contributed by atoms with Gasteiger partial charge in [-0.05, 0) is 110 Å². The van der Waals surface area contributed by atoms with Crippen molar-refractivity contribution in [2.75, 3.05) is 20.3 Å². The molecule has 0 fully saturated rings. The topological polar surface area (TPSA) is 99.1 Å². The fraction of sp³-hybridized carbons (Fsp3) is 0.350. The lowest BCUT2D eigenvalue weighted by Gasteiger charge is -2.16. The third kappa shape index (κ3) is 6.57. The van der Waals surface area contributed by atoms with Crippen LogP contribution < -0.4 is 9.47 Å². The fourth-order valence-electron chi connectivity index (χ4n) is 2.81. The minimum Gasteiger partial charge on any atom is -0.495 e. The van der Waals surface area contributed by atoms with E-state index in [-0.39, 0.29) is 24.0 Å². The number of aryl methyl sites for hydroxylation is 1. The Morgan fingerprint density at radius 1 is 1.10 bits per heavy atom. The Hall–Kier alpha value is -0.390. The Labute approximate surface area is 222 Å². The van der Waals surface area contributed by atoms with Gasteiger partial charge in [0, 0.05) is 3.57 Å². The molecule has 0 aliphatic rings. The zero-order valence-corrected chi connectivity index (χ0v) is 24.5. The average molecular weight is 786 g/mol. The van der Waals surface area contributed by atoms with E-state index in [0.29, 0.717) is 31.8 Å². The summed E-state index contributed by atoms with van der Waals surface area (Å²) >= 11 is 6.30. The van der Waals surface area contributed by atoms with Crippen LogP contribution in [0.25, 0.3) is 0 Å². The molecule has 0 bridgehead atoms. The highest BCUT2D eigenvalue weighted by atomic mass is 127. The van der Waals surface area contributed by atoms with E-state index in [9.17, 15) is 17.8 Å². The average Bonchev–Trinajstić information content (AvgIpc) is 2.64. The van der Waals surface area contributed by atoms with Gasteiger partial charge in [0.15, 0.2) is 0 Å². The maximum atomic E-state index is 12.6. The molecule has 0 amide bonds. The fourth-order valence-corrected chi connectivity index (χ4v) is 7.98. The molecule has 0 spiro atoms. The van der Waals surface area contributed by atoms with Crippen LogP contribution in [0.4, 0.5) is 0 Å². The van der Waals surface area contributed by atoms with Crippen molar-refractivity contribution in [2.45, 2.75) is 31.6 Å². The van der Waals surface area contributed by atoms with Crippen LogP contribution in [-0.2, 0) is 14.9 Å². The number of ether oxygens (including phenoxy) is 3. The number of esters is 1. The van der Waals surface area contributed by atoms with Gasteiger partial charge in [0.25, 0.3) is 10.1 Å². The first kappa shape index (κ1) is 26.9. The molecule has 0 aliphatic heterocycles. The molecule has 0 aromatic heterocycles. The van der Waals surface area contributed by atoms with Gasteiger partial charge in [0.2, 0.25) is 0 Å². The van der Waals surface area contributed by atoms with Gasteiger partial charge in [-0.25, -0.2) is 4.79 Å². The van der Waals surface area contributed by atoms with Gasteiger partial charge in [0.1, 0.15) is 24.7 Å². The highest BCUT2D eigenvalue weighted by molar-refractivity contribution is 14.1. The smallest absolute Gasteiger partial charge is 0.340 e. The Bertz CT molecular complexity index is 1100. The number of hydrogen-bond donors (Lipinski definition) is 1. The van der Waals surface area contributed by atoms with E-state index in [1.807, 2.05) is 19.9 Å². The van der Waals surface area contributed by atoms with Gasteiger partial charge in [0.05, 0.1) is 24.7 Å². The maximum absolute atomic E-state index is 12.6. The zero-order chi connectivity index (χ0) is 23.5. The molecular formula is C20H21I3O7S. The third-order valence-corrected chi connectivity index (χ3v) is 7.91. The van der Waals surface area contributed by atoms with Crippen molar-refractivity contribution in [3.63, 3.8) is 0 Å². The molecule has 0 unspecified atom stereocenters. The standard InChI is InChI=1S/C20H21I3O7S/c1-10(2)12-8-15(11(3)7-16(12)31(25,26)27)29-5-6-30-20(24)17-13(21)9-14(22)19(28-4)18(17)23/h7-10H,5-6H2,1-4H3,(H,25,26,27). The lowest BCUT2D eigenvalue weighted by atomic mass is 10.0. The number of rotatable bonds is 8. The third-order valence-electron chi connectivity index (χ3n) is 4.32. The summed E-state index contributed by atoms with van der Waals surface area (Å²) in [4.78, 5) is 12.5. The number of carbonyl (C=O) groups excluding carboxylic acids is 1. The van der Waals surface area contributed by atoms with Gasteiger partial charge in [-0.3, -0.25) is 4.55 Å². The molecule has 2 aromatic rings. The molecule has 7 nitrogen and oxygen atoms in total. The summed E-state index contributed by atoms with van der Waals surface area (Å²) in [7, 11) is -2.79. The number of halogens is 3. The van der Waals surface area contributed by atoms with Gasteiger partial charge in [-0.2, -0.15) is 8.42 Å². The Morgan fingerprint density at radius 2 is 1.74 bits per heavy atom. The van der Waals surface area contributed by atoms with E-state index >= 15 is 0 Å². The van der Waals surface area contributed by atoms with Crippen LogP contribution in [0.1, 0.15) is 41.3 Å². The Balaban J connectivity index is 2.12. The number of methoxy groups -OCH3 is 1. The Kier molecular flexibility index (Phi) is 9.67. The summed E-state index contributed by atoms with van der Waals surface area (Å²) in [6, 6.07) is 4.83. The molecule has 2 rings (SSSR count). The molecule has 2 aromatic carbocycles. The first-order valence-electron chi connectivity index (χ1n) is 9.01. The summed E-state index contributed by atoms with van der Waals surface area (Å²) in [5.74, 6) is 0.471. The molecule has 0 saturated carbocycles. The van der Waals surface area contributed by atoms with E-state index in [2.05, 4.69) is 67.8 Å². The quantitative estimate of drug-likeness (QED) is 0.165. The molecule has 11 heteroatoms. The van der Waals surface area contributed by atoms with E-state index in [0.717, 1.165) is 7.14 Å². The number of carbonyl (C=O) groups is 1. The molecule has 0 heterocycles. The summed E-state index contributed by atoms with van der Waals surface area (Å²) in [6.07, 6.45) is 0. The van der Waals surface area contributed by atoms with Crippen LogP contribution in [0.3, 0.4) is 0 Å². The van der Waals surface area contributed by atoms with E-state index in [1.165, 1.54) is 6.07 Å². The van der Waals surface area contributed by atoms with Crippen LogP contribution in [0.5, 0.6) is 11.5 Å². The van der Waals surface area contributed by atoms with Crippen molar-refractivity contribution in [3.8, 4) is 11.5 Å². The first-order valence-corrected chi connectivity index (χ1v) is 13.7. The van der Waals surface area contributed by atoms with Crippen molar-refractivity contribution < 1.29 is 32.0 Å². The molecule has 31 heavy (non-hydrogen) atoms. The van der Waals surface area contributed by atoms with Crippen molar-refractivity contribution in [3.05, 3.63) is 45.6 Å². The van der Waals surface area contributed by atoms with Gasteiger partial charge >= 0.3 is 5.97 Å². The van der Waals surface area contributed by atoms with Crippen LogP contribution in [0, 0.1) is 17.6 Å². The van der Waals surface area contributed by atoms with E-state index in [1.54, 1.807) is 20.1 Å². The predicted octanol–water partition coefficient (Wildman–Crippen LogP) is 5.42. The normalized spacial score (nSPS) is 11.5. The molecule has 1 N–H and O–H groups in total. The summed E-state index contributed by atoms with van der Waals surface area (Å²) < 4.78 is 51.6. The Morgan fingerprint density at radius 3 is 2.29 bits per heavy atom. The largest absolute Gasteiger partial charge is 0.495 e. The van der Waals surface area contributed by atoms with Crippen LogP contribution >= 0.6 is 67.8 Å². The second-order valence-electron chi connectivity index (χ2n) is 6.83. The monoisotopic (exact) mass is 786 g/mol. The molecule has 0 radical (unpaired) electrons. The molecular weight excluding hydrogens is 765 g/mol. The lowest BCUT2D eigenvalue weighted by molar-refractivity contribution is 0.0447. The predicted molar refractivity (Wildman–Crippen MR) is 142 cm³/mol. The van der Waals surface area contributed by atoms with Crippen molar-refractivity contribution in [1.29, 1.82) is 0 Å². The maximum Gasteiger partial charge on any atom is 0.340 e. The van der Waals surface area contributed by atoms with Gasteiger partial charge < -0.3 is 14.2 Å². The highest BCUT2D eigenvalue weighted by Crippen LogP contribution is 2.34. The summed E-state index contributed by atoms with van der Waals surface area (Å²) in [6.45, 7) is 5.43. The van der Waals surface area contributed by atoms with Crippen LogP contribution in [0.2, 0.25) is 0 Å². The van der Waals surface area contributed by atoms with Crippen LogP contribution in [-0.4, -0.2) is 39.3 Å².